The molecule has 0 fully saturated rings. The van der Waals surface area contributed by atoms with Gasteiger partial charge in [-0.05, 0) is 67.2 Å². The Balaban J connectivity index is 1.82. The third-order valence-electron chi connectivity index (χ3n) is 3.40. The Hall–Kier alpha value is -2.02. The Morgan fingerprint density at radius 2 is 1.60 bits per heavy atom. The lowest BCUT2D eigenvalue weighted by Crippen LogP contribution is -2.00. The third-order valence-corrected chi connectivity index (χ3v) is 6.19. The van der Waals surface area contributed by atoms with E-state index < -0.39 is 9.84 Å². The van der Waals surface area contributed by atoms with Crippen LogP contribution >= 0.6 is 23.4 Å². The van der Waals surface area contributed by atoms with E-state index in [1.54, 1.807) is 0 Å². The molecule has 2 aromatic carbocycles. The van der Waals surface area contributed by atoms with Crippen LogP contribution in [0.1, 0.15) is 16.1 Å². The Labute approximate surface area is 154 Å². The van der Waals surface area contributed by atoms with E-state index >= 15 is 0 Å². The van der Waals surface area contributed by atoms with E-state index in [0.717, 1.165) is 22.2 Å². The van der Waals surface area contributed by atoms with Crippen LogP contribution in [0.3, 0.4) is 0 Å². The molecule has 0 aliphatic heterocycles. The number of furan rings is 1. The highest BCUT2D eigenvalue weighted by Crippen LogP contribution is 2.28. The van der Waals surface area contributed by atoms with Crippen molar-refractivity contribution in [3.63, 3.8) is 0 Å². The van der Waals surface area contributed by atoms with Crippen LogP contribution in [0.4, 0.5) is 0 Å². The first kappa shape index (κ1) is 17.8. The van der Waals surface area contributed by atoms with E-state index in [9.17, 15) is 13.2 Å². The topological polar surface area (TPSA) is 64.3 Å². The normalized spacial score (nSPS) is 11.4. The van der Waals surface area contributed by atoms with E-state index in [0.29, 0.717) is 5.02 Å². The van der Waals surface area contributed by atoms with Gasteiger partial charge in [0.25, 0.3) is 5.12 Å². The lowest BCUT2D eigenvalue weighted by Gasteiger charge is -2.02. The molecular formula is C18H13ClO4S2. The van der Waals surface area contributed by atoms with Gasteiger partial charge >= 0.3 is 0 Å². The fourth-order valence-corrected chi connectivity index (χ4v) is 4.06. The van der Waals surface area contributed by atoms with Crippen molar-refractivity contribution in [2.45, 2.75) is 21.8 Å². The first-order chi connectivity index (χ1) is 11.9. The maximum atomic E-state index is 12.5. The summed E-state index contributed by atoms with van der Waals surface area (Å²) in [4.78, 5) is 13.1. The molecule has 0 aliphatic carbocycles. The number of carbonyl (C=O) groups excluding carboxylic acids is 1. The molecule has 7 heteroatoms. The molecular weight excluding hydrogens is 380 g/mol. The zero-order chi connectivity index (χ0) is 18.0. The van der Waals surface area contributed by atoms with Crippen LogP contribution in [0.25, 0.3) is 0 Å². The molecule has 1 heterocycles. The first-order valence-corrected chi connectivity index (χ1v) is 9.93. The number of sulfone groups is 1. The van der Waals surface area contributed by atoms with Crippen LogP contribution in [0.15, 0.2) is 80.0 Å². The van der Waals surface area contributed by atoms with E-state index in [4.69, 9.17) is 16.0 Å². The second-order valence-corrected chi connectivity index (χ2v) is 8.64. The molecule has 0 saturated heterocycles. The summed E-state index contributed by atoms with van der Waals surface area (Å²) >= 11 is 6.76. The van der Waals surface area contributed by atoms with Gasteiger partial charge in [0.05, 0.1) is 4.90 Å². The maximum absolute atomic E-state index is 12.5. The summed E-state index contributed by atoms with van der Waals surface area (Å²) in [6.07, 6.45) is 0. The summed E-state index contributed by atoms with van der Waals surface area (Å²) in [5, 5.41) is -0.201. The van der Waals surface area contributed by atoms with Crippen molar-refractivity contribution in [3.05, 3.63) is 77.0 Å². The SMILES string of the molecule is Cc1ccc(SC(=O)c2ccc(S(=O)(=O)c3ccc(Cl)cc3)o2)cc1. The quantitative estimate of drug-likeness (QED) is 0.584. The van der Waals surface area contributed by atoms with E-state index in [2.05, 4.69) is 0 Å². The molecule has 3 rings (SSSR count). The molecule has 0 spiro atoms. The minimum absolute atomic E-state index is 0.0156. The van der Waals surface area contributed by atoms with Crippen molar-refractivity contribution < 1.29 is 17.6 Å². The Bertz CT molecular complexity index is 1000. The smallest absolute Gasteiger partial charge is 0.259 e. The number of thioether (sulfide) groups is 1. The van der Waals surface area contributed by atoms with Crippen molar-refractivity contribution in [1.82, 2.24) is 0 Å². The van der Waals surface area contributed by atoms with Crippen LogP contribution in [-0.2, 0) is 9.84 Å². The highest BCUT2D eigenvalue weighted by molar-refractivity contribution is 8.14. The fraction of sp³-hybridized carbons (Fsp3) is 0.0556. The number of carbonyl (C=O) groups is 1. The molecule has 0 N–H and O–H groups in total. The zero-order valence-electron chi connectivity index (χ0n) is 13.1. The molecule has 3 aromatic rings. The van der Waals surface area contributed by atoms with Crippen LogP contribution < -0.4 is 0 Å². The minimum atomic E-state index is -3.83. The van der Waals surface area contributed by atoms with E-state index in [1.807, 2.05) is 31.2 Å². The first-order valence-electron chi connectivity index (χ1n) is 7.25. The Morgan fingerprint density at radius 3 is 2.24 bits per heavy atom. The molecule has 0 unspecified atom stereocenters. The largest absolute Gasteiger partial charge is 0.440 e. The number of hydrogen-bond acceptors (Lipinski definition) is 5. The van der Waals surface area contributed by atoms with Gasteiger partial charge in [-0.3, -0.25) is 4.79 Å². The summed E-state index contributed by atoms with van der Waals surface area (Å²) in [7, 11) is -3.83. The predicted molar refractivity (Wildman–Crippen MR) is 97.0 cm³/mol. The number of aryl methyl sites for hydroxylation is 1. The highest BCUT2D eigenvalue weighted by Gasteiger charge is 2.23. The number of benzene rings is 2. The second kappa shape index (κ2) is 7.07. The summed E-state index contributed by atoms with van der Waals surface area (Å²) in [5.74, 6) is -0.0156. The molecule has 0 amide bonds. The van der Waals surface area contributed by atoms with Gasteiger partial charge in [-0.25, -0.2) is 8.42 Å². The Kier molecular flexibility index (Phi) is 5.03. The van der Waals surface area contributed by atoms with Crippen molar-refractivity contribution >= 4 is 38.3 Å². The number of halogens is 1. The molecule has 128 valence electrons. The molecule has 1 aromatic heterocycles. The fourth-order valence-electron chi connectivity index (χ4n) is 2.07. The van der Waals surface area contributed by atoms with Crippen LogP contribution in [0.2, 0.25) is 5.02 Å². The molecule has 0 bridgehead atoms. The van der Waals surface area contributed by atoms with Crippen molar-refractivity contribution in [1.29, 1.82) is 0 Å². The number of hydrogen-bond donors (Lipinski definition) is 0. The van der Waals surface area contributed by atoms with Gasteiger partial charge < -0.3 is 4.42 Å². The average molecular weight is 393 g/mol. The standard InChI is InChI=1S/C18H13ClO4S2/c1-12-2-6-14(7-3-12)24-18(20)16-10-11-17(23-16)25(21,22)15-8-4-13(19)5-9-15/h2-11H,1H3. The second-order valence-electron chi connectivity index (χ2n) is 5.28. The average Bonchev–Trinajstić information content (AvgIpc) is 3.08. The van der Waals surface area contributed by atoms with E-state index in [-0.39, 0.29) is 20.9 Å². The Morgan fingerprint density at radius 1 is 0.960 bits per heavy atom. The summed E-state index contributed by atoms with van der Waals surface area (Å²) in [5.41, 5.74) is 1.09. The lowest BCUT2D eigenvalue weighted by molar-refractivity contribution is 0.106. The van der Waals surface area contributed by atoms with Crippen LogP contribution in [0.5, 0.6) is 0 Å². The highest BCUT2D eigenvalue weighted by atomic mass is 35.5. The zero-order valence-corrected chi connectivity index (χ0v) is 15.5. The van der Waals surface area contributed by atoms with Gasteiger partial charge in [-0.15, -0.1) is 0 Å². The number of rotatable bonds is 4. The van der Waals surface area contributed by atoms with Gasteiger partial charge in [-0.2, -0.15) is 0 Å². The van der Waals surface area contributed by atoms with Crippen LogP contribution in [0, 0.1) is 6.92 Å². The van der Waals surface area contributed by atoms with Gasteiger partial charge in [0.1, 0.15) is 0 Å². The van der Waals surface area contributed by atoms with Gasteiger partial charge in [0, 0.05) is 9.92 Å². The van der Waals surface area contributed by atoms with Crippen molar-refractivity contribution in [2.75, 3.05) is 0 Å². The third kappa shape index (κ3) is 3.98. The summed E-state index contributed by atoms with van der Waals surface area (Å²) < 4.78 is 30.3. The predicted octanol–water partition coefficient (Wildman–Crippen LogP) is 5.01. The van der Waals surface area contributed by atoms with E-state index in [1.165, 1.54) is 36.4 Å². The summed E-state index contributed by atoms with van der Waals surface area (Å²) in [6.45, 7) is 1.96. The van der Waals surface area contributed by atoms with Gasteiger partial charge in [-0.1, -0.05) is 29.3 Å². The van der Waals surface area contributed by atoms with Gasteiger partial charge in [0.15, 0.2) is 5.76 Å². The molecule has 25 heavy (non-hydrogen) atoms. The van der Waals surface area contributed by atoms with Crippen molar-refractivity contribution in [3.8, 4) is 0 Å². The molecule has 0 aliphatic rings. The summed E-state index contributed by atoms with van der Waals surface area (Å²) in [6, 6.07) is 15.8. The molecule has 0 radical (unpaired) electrons. The minimum Gasteiger partial charge on any atom is -0.440 e. The molecule has 0 atom stereocenters. The van der Waals surface area contributed by atoms with Gasteiger partial charge in [0.2, 0.25) is 14.9 Å². The lowest BCUT2D eigenvalue weighted by atomic mass is 10.2. The van der Waals surface area contributed by atoms with Crippen molar-refractivity contribution in [2.24, 2.45) is 0 Å². The molecule has 4 nitrogen and oxygen atoms in total. The maximum Gasteiger partial charge on any atom is 0.259 e. The molecule has 0 saturated carbocycles. The monoisotopic (exact) mass is 392 g/mol. The van der Waals surface area contributed by atoms with Crippen LogP contribution in [-0.4, -0.2) is 13.5 Å².